The summed E-state index contributed by atoms with van der Waals surface area (Å²) in [6.45, 7) is 0. The number of nitrogens with zero attached hydrogens (tertiary/aromatic N) is 4. The van der Waals surface area contributed by atoms with Crippen molar-refractivity contribution in [1.29, 1.82) is 0 Å². The van der Waals surface area contributed by atoms with Crippen LogP contribution >= 0.6 is 0 Å². The van der Waals surface area contributed by atoms with Gasteiger partial charge in [-0.05, 0) is 39.1 Å². The van der Waals surface area contributed by atoms with Crippen LogP contribution in [0, 0.1) is 0 Å². The standard InChI is InChI=1S/C36H22N4/c1-3-12-23(13-4-1)34-38-35(24-14-5-2-6-15-24)40-36(39-34)31-22-30-26-17-8-10-19-28(26)33-29(20-11-21-37-33)32(30)27-18-9-7-16-25(27)31/h1-22H. The van der Waals surface area contributed by atoms with E-state index in [1.54, 1.807) is 0 Å². The zero-order chi connectivity index (χ0) is 26.5. The third kappa shape index (κ3) is 3.54. The van der Waals surface area contributed by atoms with Crippen molar-refractivity contribution in [2.75, 3.05) is 0 Å². The normalized spacial score (nSPS) is 11.5. The van der Waals surface area contributed by atoms with Crippen LogP contribution in [0.3, 0.4) is 0 Å². The third-order valence-corrected chi connectivity index (χ3v) is 7.53. The van der Waals surface area contributed by atoms with E-state index in [9.17, 15) is 0 Å². The lowest BCUT2D eigenvalue weighted by Crippen LogP contribution is -2.01. The van der Waals surface area contributed by atoms with Crippen LogP contribution in [0.5, 0.6) is 0 Å². The Morgan fingerprint density at radius 1 is 0.375 bits per heavy atom. The van der Waals surface area contributed by atoms with Gasteiger partial charge >= 0.3 is 0 Å². The Hall–Kier alpha value is -5.48. The summed E-state index contributed by atoms with van der Waals surface area (Å²) in [4.78, 5) is 19.8. The molecule has 8 rings (SSSR count). The lowest BCUT2D eigenvalue weighted by molar-refractivity contribution is 1.08. The quantitative estimate of drug-likeness (QED) is 0.223. The van der Waals surface area contributed by atoms with Crippen molar-refractivity contribution in [3.8, 4) is 34.2 Å². The summed E-state index contributed by atoms with van der Waals surface area (Å²) in [5, 5.41) is 8.05. The van der Waals surface area contributed by atoms with E-state index >= 15 is 0 Å². The smallest absolute Gasteiger partial charge is 0.164 e. The van der Waals surface area contributed by atoms with Crippen LogP contribution in [-0.2, 0) is 0 Å². The minimum absolute atomic E-state index is 0.654. The highest BCUT2D eigenvalue weighted by atomic mass is 15.0. The molecule has 6 aromatic carbocycles. The number of pyridine rings is 1. The molecule has 8 aromatic rings. The summed E-state index contributed by atoms with van der Waals surface area (Å²) in [6, 6.07) is 43.7. The van der Waals surface area contributed by atoms with E-state index in [1.807, 2.05) is 72.9 Å². The summed E-state index contributed by atoms with van der Waals surface area (Å²) in [5.74, 6) is 1.96. The Morgan fingerprint density at radius 2 is 0.900 bits per heavy atom. The number of fused-ring (bicyclic) bond motifs is 8. The van der Waals surface area contributed by atoms with Crippen molar-refractivity contribution in [2.45, 2.75) is 0 Å². The van der Waals surface area contributed by atoms with Crippen molar-refractivity contribution in [3.63, 3.8) is 0 Å². The second-order valence-corrected chi connectivity index (χ2v) is 9.88. The number of hydrogen-bond donors (Lipinski definition) is 0. The molecule has 0 saturated heterocycles. The van der Waals surface area contributed by atoms with Gasteiger partial charge in [-0.1, -0.05) is 115 Å². The Morgan fingerprint density at radius 3 is 1.57 bits per heavy atom. The van der Waals surface area contributed by atoms with E-state index < -0.39 is 0 Å². The van der Waals surface area contributed by atoms with Crippen LogP contribution in [0.15, 0.2) is 134 Å². The molecule has 40 heavy (non-hydrogen) atoms. The van der Waals surface area contributed by atoms with Crippen molar-refractivity contribution >= 4 is 43.2 Å². The van der Waals surface area contributed by atoms with Gasteiger partial charge in [-0.15, -0.1) is 0 Å². The fraction of sp³-hybridized carbons (Fsp3) is 0. The number of benzene rings is 6. The third-order valence-electron chi connectivity index (χ3n) is 7.53. The van der Waals surface area contributed by atoms with E-state index in [2.05, 4.69) is 60.7 Å². The van der Waals surface area contributed by atoms with Gasteiger partial charge in [0.15, 0.2) is 17.5 Å². The molecule has 4 heteroatoms. The molecule has 0 aliphatic heterocycles. The van der Waals surface area contributed by atoms with Gasteiger partial charge in [0.05, 0.1) is 5.52 Å². The van der Waals surface area contributed by atoms with Gasteiger partial charge in [0.25, 0.3) is 0 Å². The molecule has 0 spiro atoms. The Labute approximate surface area is 230 Å². The van der Waals surface area contributed by atoms with Crippen LogP contribution in [0.1, 0.15) is 0 Å². The fourth-order valence-electron chi connectivity index (χ4n) is 5.74. The van der Waals surface area contributed by atoms with Crippen molar-refractivity contribution in [1.82, 2.24) is 19.9 Å². The first-order valence-corrected chi connectivity index (χ1v) is 13.3. The molecular weight excluding hydrogens is 488 g/mol. The molecule has 0 aliphatic carbocycles. The predicted molar refractivity (Wildman–Crippen MR) is 164 cm³/mol. The molecule has 2 aromatic heterocycles. The van der Waals surface area contributed by atoms with Crippen molar-refractivity contribution in [2.24, 2.45) is 0 Å². The molecular formula is C36H22N4. The number of rotatable bonds is 3. The Kier molecular flexibility index (Phi) is 5.10. The molecule has 0 bridgehead atoms. The Balaban J connectivity index is 1.52. The highest BCUT2D eigenvalue weighted by Gasteiger charge is 2.18. The van der Waals surface area contributed by atoms with Gasteiger partial charge < -0.3 is 0 Å². The second kappa shape index (κ2) is 9.07. The summed E-state index contributed by atoms with van der Waals surface area (Å²) in [6.07, 6.45) is 1.87. The van der Waals surface area contributed by atoms with E-state index in [4.69, 9.17) is 19.9 Å². The molecule has 0 radical (unpaired) electrons. The van der Waals surface area contributed by atoms with Gasteiger partial charge in [-0.25, -0.2) is 15.0 Å². The van der Waals surface area contributed by atoms with E-state index in [1.165, 1.54) is 5.39 Å². The fourth-order valence-corrected chi connectivity index (χ4v) is 5.74. The predicted octanol–water partition coefficient (Wildman–Crippen LogP) is 8.88. The summed E-state index contributed by atoms with van der Waals surface area (Å²) in [5.41, 5.74) is 3.90. The summed E-state index contributed by atoms with van der Waals surface area (Å²) >= 11 is 0. The molecule has 2 heterocycles. The monoisotopic (exact) mass is 510 g/mol. The van der Waals surface area contributed by atoms with Gasteiger partial charge in [0.2, 0.25) is 0 Å². The lowest BCUT2D eigenvalue weighted by Gasteiger charge is -2.15. The van der Waals surface area contributed by atoms with Crippen LogP contribution in [0.2, 0.25) is 0 Å². The van der Waals surface area contributed by atoms with Crippen LogP contribution in [0.4, 0.5) is 0 Å². The average molecular weight is 511 g/mol. The number of hydrogen-bond acceptors (Lipinski definition) is 4. The first kappa shape index (κ1) is 22.5. The molecule has 0 amide bonds. The Bertz CT molecular complexity index is 2150. The molecule has 0 N–H and O–H groups in total. The van der Waals surface area contributed by atoms with Crippen LogP contribution < -0.4 is 0 Å². The highest BCUT2D eigenvalue weighted by molar-refractivity contribution is 6.32. The molecule has 0 fully saturated rings. The maximum absolute atomic E-state index is 5.06. The molecule has 0 saturated carbocycles. The van der Waals surface area contributed by atoms with Gasteiger partial charge in [0.1, 0.15) is 0 Å². The van der Waals surface area contributed by atoms with Gasteiger partial charge in [-0.3, -0.25) is 4.98 Å². The number of aromatic nitrogens is 4. The average Bonchev–Trinajstić information content (AvgIpc) is 3.05. The minimum Gasteiger partial charge on any atom is -0.256 e. The largest absolute Gasteiger partial charge is 0.256 e. The highest BCUT2D eigenvalue weighted by Crippen LogP contribution is 2.41. The van der Waals surface area contributed by atoms with Crippen molar-refractivity contribution in [3.05, 3.63) is 134 Å². The zero-order valence-electron chi connectivity index (χ0n) is 21.5. The first-order valence-electron chi connectivity index (χ1n) is 13.3. The molecule has 0 unspecified atom stereocenters. The van der Waals surface area contributed by atoms with E-state index in [0.29, 0.717) is 17.5 Å². The topological polar surface area (TPSA) is 51.6 Å². The molecule has 0 atom stereocenters. The maximum atomic E-state index is 5.06. The molecule has 0 aliphatic rings. The zero-order valence-corrected chi connectivity index (χ0v) is 21.5. The maximum Gasteiger partial charge on any atom is 0.164 e. The van der Waals surface area contributed by atoms with Crippen molar-refractivity contribution < 1.29 is 0 Å². The summed E-state index contributed by atoms with van der Waals surface area (Å²) < 4.78 is 0. The summed E-state index contributed by atoms with van der Waals surface area (Å²) in [7, 11) is 0. The van der Waals surface area contributed by atoms with Gasteiger partial charge in [-0.2, -0.15) is 0 Å². The SMILES string of the molecule is c1ccc(-c2nc(-c3ccccc3)nc(-c3cc4c5ccccc5c5ncccc5c4c4ccccc34)n2)cc1. The second-order valence-electron chi connectivity index (χ2n) is 9.88. The van der Waals surface area contributed by atoms with Crippen LogP contribution in [0.25, 0.3) is 77.4 Å². The van der Waals surface area contributed by atoms with Gasteiger partial charge in [0, 0.05) is 33.7 Å². The van der Waals surface area contributed by atoms with E-state index in [0.717, 1.165) is 54.5 Å². The molecule has 4 nitrogen and oxygen atoms in total. The van der Waals surface area contributed by atoms with E-state index in [-0.39, 0.29) is 0 Å². The van der Waals surface area contributed by atoms with Crippen LogP contribution in [-0.4, -0.2) is 19.9 Å². The minimum atomic E-state index is 0.654. The molecule has 186 valence electrons. The first-order chi connectivity index (χ1) is 19.8. The lowest BCUT2D eigenvalue weighted by atomic mass is 9.90.